The fraction of sp³-hybridized carbons (Fsp3) is 0.391. The first-order valence-corrected chi connectivity index (χ1v) is 12.6. The molecule has 0 spiro atoms. The number of benzene rings is 2. The van der Waals surface area contributed by atoms with Crippen molar-refractivity contribution in [3.63, 3.8) is 0 Å². The molecule has 0 amide bonds. The Labute approximate surface area is 187 Å². The molecular weight excluding hydrogens is 430 g/mol. The highest BCUT2D eigenvalue weighted by Gasteiger charge is 2.16. The lowest BCUT2D eigenvalue weighted by Gasteiger charge is -2.15. The number of hydrogen-bond donors (Lipinski definition) is 5. The number of sulfonamides is 1. The number of nitrogens with one attached hydrogen (secondary N) is 3. The topological polar surface area (TPSA) is 124 Å². The van der Waals surface area contributed by atoms with E-state index in [4.69, 9.17) is 4.74 Å². The summed E-state index contributed by atoms with van der Waals surface area (Å²) in [6.07, 6.45) is 4.86. The molecule has 0 unspecified atom stereocenters. The number of phenolic OH excluding ortho intramolecular Hbond substituents is 1. The molecule has 4 rings (SSSR count). The van der Waals surface area contributed by atoms with E-state index in [1.165, 1.54) is 41.6 Å². The summed E-state index contributed by atoms with van der Waals surface area (Å²) in [5.41, 5.74) is 4.43. The Balaban J connectivity index is 1.27. The number of rotatable bonds is 9. The van der Waals surface area contributed by atoms with Crippen LogP contribution in [0.25, 0.3) is 10.9 Å². The number of aliphatic hydroxyl groups is 1. The van der Waals surface area contributed by atoms with Gasteiger partial charge in [-0.1, -0.05) is 6.07 Å². The number of hydrogen-bond acceptors (Lipinski definition) is 6. The van der Waals surface area contributed by atoms with E-state index in [0.717, 1.165) is 30.4 Å². The monoisotopic (exact) mass is 459 g/mol. The number of aryl methyl sites for hydroxylation is 2. The zero-order valence-corrected chi connectivity index (χ0v) is 18.8. The van der Waals surface area contributed by atoms with E-state index in [0.29, 0.717) is 18.7 Å². The molecule has 1 aliphatic carbocycles. The highest BCUT2D eigenvalue weighted by Crippen LogP contribution is 2.31. The first-order chi connectivity index (χ1) is 15.3. The van der Waals surface area contributed by atoms with E-state index in [2.05, 4.69) is 21.1 Å². The molecule has 3 aromatic rings. The first-order valence-electron chi connectivity index (χ1n) is 10.8. The van der Waals surface area contributed by atoms with Gasteiger partial charge in [-0.25, -0.2) is 8.42 Å². The lowest BCUT2D eigenvalue weighted by molar-refractivity contribution is 0.172. The van der Waals surface area contributed by atoms with Crippen LogP contribution in [0.3, 0.4) is 0 Å². The van der Waals surface area contributed by atoms with Gasteiger partial charge in [0, 0.05) is 35.8 Å². The predicted octanol–water partition coefficient (Wildman–Crippen LogP) is 2.83. The molecule has 0 aliphatic heterocycles. The molecule has 0 bridgehead atoms. The van der Waals surface area contributed by atoms with Crippen molar-refractivity contribution in [3.05, 3.63) is 53.2 Å². The minimum absolute atomic E-state index is 0.0359. The summed E-state index contributed by atoms with van der Waals surface area (Å²) < 4.78 is 30.9. The van der Waals surface area contributed by atoms with Crippen LogP contribution < -0.4 is 14.8 Å². The molecule has 1 aromatic heterocycles. The molecular formula is C23H29N3O5S. The first kappa shape index (κ1) is 22.4. The summed E-state index contributed by atoms with van der Waals surface area (Å²) in [7, 11) is -3.53. The Morgan fingerprint density at radius 2 is 1.97 bits per heavy atom. The van der Waals surface area contributed by atoms with Gasteiger partial charge in [-0.05, 0) is 61.1 Å². The van der Waals surface area contributed by atoms with Crippen LogP contribution in [0.15, 0.2) is 36.4 Å². The van der Waals surface area contributed by atoms with Gasteiger partial charge < -0.3 is 25.3 Å². The summed E-state index contributed by atoms with van der Waals surface area (Å²) in [6.45, 7) is 1.23. The number of aliphatic hydroxyl groups excluding tert-OH is 1. The molecule has 0 fully saturated rings. The van der Waals surface area contributed by atoms with E-state index in [1.54, 1.807) is 6.07 Å². The fourth-order valence-corrected chi connectivity index (χ4v) is 4.69. The average molecular weight is 460 g/mol. The van der Waals surface area contributed by atoms with Crippen LogP contribution in [-0.2, 0) is 22.9 Å². The molecule has 0 radical (unpaired) electrons. The summed E-state index contributed by atoms with van der Waals surface area (Å²) in [5, 5.41) is 24.6. The van der Waals surface area contributed by atoms with Gasteiger partial charge in [0.15, 0.2) is 0 Å². The van der Waals surface area contributed by atoms with Gasteiger partial charge in [-0.3, -0.25) is 4.72 Å². The van der Waals surface area contributed by atoms with Crippen LogP contribution in [-0.4, -0.2) is 49.6 Å². The Hall–Kier alpha value is -2.75. The molecule has 1 heterocycles. The van der Waals surface area contributed by atoms with Gasteiger partial charge in [0.25, 0.3) is 0 Å². The van der Waals surface area contributed by atoms with E-state index in [-0.39, 0.29) is 18.0 Å². The standard InChI is InChI=1S/C23H29N3O5S/c1-32(29,30)26-21-12-15(6-9-22(21)27)23(28)14-24-10-11-31-16-7-8-18-17-4-2-3-5-19(17)25-20(18)13-16/h6-9,12-13,23-28H,2-5,10-11,14H2,1H3/t23-/m1/s1. The Morgan fingerprint density at radius 3 is 2.78 bits per heavy atom. The normalized spacial score (nSPS) is 14.8. The SMILES string of the molecule is CS(=O)(=O)Nc1cc([C@H](O)CNCCOc2ccc3c4c([nH]c3c2)CCCC4)ccc1O. The summed E-state index contributed by atoms with van der Waals surface area (Å²) in [4.78, 5) is 3.52. The van der Waals surface area contributed by atoms with Crippen molar-refractivity contribution in [1.29, 1.82) is 0 Å². The lowest BCUT2D eigenvalue weighted by Crippen LogP contribution is -2.26. The Morgan fingerprint density at radius 1 is 1.16 bits per heavy atom. The number of H-pyrrole nitrogens is 1. The number of fused-ring (bicyclic) bond motifs is 3. The van der Waals surface area contributed by atoms with Crippen molar-refractivity contribution >= 4 is 26.6 Å². The highest BCUT2D eigenvalue weighted by molar-refractivity contribution is 7.92. The van der Waals surface area contributed by atoms with Crippen molar-refractivity contribution in [2.75, 3.05) is 30.7 Å². The highest BCUT2D eigenvalue weighted by atomic mass is 32.2. The van der Waals surface area contributed by atoms with Crippen LogP contribution in [0.1, 0.15) is 35.8 Å². The Bertz CT molecular complexity index is 1210. The summed E-state index contributed by atoms with van der Waals surface area (Å²) in [6, 6.07) is 10.5. The van der Waals surface area contributed by atoms with E-state index in [9.17, 15) is 18.6 Å². The molecule has 5 N–H and O–H groups in total. The van der Waals surface area contributed by atoms with E-state index < -0.39 is 16.1 Å². The number of aromatic nitrogens is 1. The van der Waals surface area contributed by atoms with Gasteiger partial charge in [-0.2, -0.15) is 0 Å². The third-order valence-corrected chi connectivity index (χ3v) is 6.25. The number of aromatic amines is 1. The third-order valence-electron chi connectivity index (χ3n) is 5.66. The van der Waals surface area contributed by atoms with E-state index >= 15 is 0 Å². The molecule has 1 atom stereocenters. The number of anilines is 1. The van der Waals surface area contributed by atoms with Crippen molar-refractivity contribution in [2.24, 2.45) is 0 Å². The van der Waals surface area contributed by atoms with Gasteiger partial charge in [0.2, 0.25) is 10.0 Å². The van der Waals surface area contributed by atoms with Gasteiger partial charge >= 0.3 is 0 Å². The summed E-state index contributed by atoms with van der Waals surface area (Å²) >= 11 is 0. The maximum absolute atomic E-state index is 11.4. The largest absolute Gasteiger partial charge is 0.506 e. The summed E-state index contributed by atoms with van der Waals surface area (Å²) in [5.74, 6) is 0.598. The second kappa shape index (κ2) is 9.40. The van der Waals surface area contributed by atoms with Crippen LogP contribution in [0, 0.1) is 0 Å². The minimum Gasteiger partial charge on any atom is -0.506 e. The van der Waals surface area contributed by atoms with Crippen LogP contribution in [0.4, 0.5) is 5.69 Å². The molecule has 1 aliphatic rings. The quantitative estimate of drug-likeness (QED) is 0.248. The fourth-order valence-electron chi connectivity index (χ4n) is 4.12. The average Bonchev–Trinajstić information content (AvgIpc) is 3.11. The van der Waals surface area contributed by atoms with Crippen LogP contribution in [0.5, 0.6) is 11.5 Å². The lowest BCUT2D eigenvalue weighted by atomic mass is 9.96. The molecule has 0 saturated carbocycles. The van der Waals surface area contributed by atoms with Crippen molar-refractivity contribution in [3.8, 4) is 11.5 Å². The smallest absolute Gasteiger partial charge is 0.229 e. The number of aromatic hydroxyl groups is 1. The zero-order valence-electron chi connectivity index (χ0n) is 18.0. The number of ether oxygens (including phenoxy) is 1. The molecule has 32 heavy (non-hydrogen) atoms. The van der Waals surface area contributed by atoms with Crippen molar-refractivity contribution in [1.82, 2.24) is 10.3 Å². The van der Waals surface area contributed by atoms with Gasteiger partial charge in [-0.15, -0.1) is 0 Å². The zero-order chi connectivity index (χ0) is 22.7. The minimum atomic E-state index is -3.53. The molecule has 8 nitrogen and oxygen atoms in total. The van der Waals surface area contributed by atoms with Gasteiger partial charge in [0.05, 0.1) is 18.0 Å². The predicted molar refractivity (Wildman–Crippen MR) is 125 cm³/mol. The third kappa shape index (κ3) is 5.35. The Kier molecular flexibility index (Phi) is 6.59. The van der Waals surface area contributed by atoms with Crippen LogP contribution >= 0.6 is 0 Å². The van der Waals surface area contributed by atoms with Crippen LogP contribution in [0.2, 0.25) is 0 Å². The van der Waals surface area contributed by atoms with Gasteiger partial charge in [0.1, 0.15) is 18.1 Å². The molecule has 172 valence electrons. The molecule has 9 heteroatoms. The molecule has 2 aromatic carbocycles. The second-order valence-corrected chi connectivity index (χ2v) is 9.96. The second-order valence-electron chi connectivity index (χ2n) is 8.22. The molecule has 0 saturated heterocycles. The maximum atomic E-state index is 11.4. The van der Waals surface area contributed by atoms with Crippen molar-refractivity contribution < 1.29 is 23.4 Å². The van der Waals surface area contributed by atoms with E-state index in [1.807, 2.05) is 12.1 Å². The maximum Gasteiger partial charge on any atom is 0.229 e. The van der Waals surface area contributed by atoms with Crippen molar-refractivity contribution in [2.45, 2.75) is 31.8 Å². The number of phenols is 1.